The van der Waals surface area contributed by atoms with Crippen LogP contribution >= 0.6 is 0 Å². The molecular formula is C52H103NO9. The van der Waals surface area contributed by atoms with Crippen molar-refractivity contribution in [1.29, 1.82) is 0 Å². The van der Waals surface area contributed by atoms with Crippen molar-refractivity contribution in [3.63, 3.8) is 0 Å². The fraction of sp³-hybridized carbons (Fsp3) is 0.981. The maximum Gasteiger partial charge on any atom is 0.220 e. The molecule has 7 N–H and O–H groups in total. The number of hydrogen-bond acceptors (Lipinski definition) is 9. The first kappa shape index (κ1) is 59.2. The van der Waals surface area contributed by atoms with Gasteiger partial charge in [-0.15, -0.1) is 0 Å². The van der Waals surface area contributed by atoms with Crippen LogP contribution in [-0.2, 0) is 14.3 Å². The third-order valence-electron chi connectivity index (χ3n) is 13.3. The first-order valence-electron chi connectivity index (χ1n) is 26.8. The quantitative estimate of drug-likeness (QED) is 0.0294. The van der Waals surface area contributed by atoms with Gasteiger partial charge in [0.25, 0.3) is 0 Å². The summed E-state index contributed by atoms with van der Waals surface area (Å²) in [6.45, 7) is 3.63. The average molecular weight is 886 g/mol. The summed E-state index contributed by atoms with van der Waals surface area (Å²) in [6, 6.07) is -0.985. The molecule has 0 aromatic rings. The van der Waals surface area contributed by atoms with E-state index in [0.29, 0.717) is 6.42 Å². The maximum absolute atomic E-state index is 13.0. The number of aliphatic hydroxyl groups excluding tert-OH is 6. The van der Waals surface area contributed by atoms with Crippen LogP contribution in [0.4, 0.5) is 0 Å². The van der Waals surface area contributed by atoms with Crippen LogP contribution in [0.5, 0.6) is 0 Å². The summed E-state index contributed by atoms with van der Waals surface area (Å²) in [5.41, 5.74) is 0. The predicted octanol–water partition coefficient (Wildman–Crippen LogP) is 11.3. The minimum Gasteiger partial charge on any atom is -0.394 e. The zero-order chi connectivity index (χ0) is 45.3. The Balaban J connectivity index is 2.23. The first-order chi connectivity index (χ1) is 30.3. The van der Waals surface area contributed by atoms with E-state index in [1.54, 1.807) is 0 Å². The topological polar surface area (TPSA) is 169 Å². The molecule has 1 amide bonds. The largest absolute Gasteiger partial charge is 0.394 e. The van der Waals surface area contributed by atoms with Crippen LogP contribution in [0.2, 0.25) is 0 Å². The van der Waals surface area contributed by atoms with E-state index in [4.69, 9.17) is 9.47 Å². The lowest BCUT2D eigenvalue weighted by molar-refractivity contribution is -0.303. The van der Waals surface area contributed by atoms with Gasteiger partial charge in [0, 0.05) is 6.42 Å². The van der Waals surface area contributed by atoms with Crippen molar-refractivity contribution in [1.82, 2.24) is 5.32 Å². The van der Waals surface area contributed by atoms with Crippen molar-refractivity contribution in [2.45, 2.75) is 313 Å². The third kappa shape index (κ3) is 31.9. The molecule has 1 saturated heterocycles. The minimum absolute atomic E-state index is 0.252. The monoisotopic (exact) mass is 886 g/mol. The summed E-state index contributed by atoms with van der Waals surface area (Å²) in [7, 11) is 0. The van der Waals surface area contributed by atoms with Crippen molar-refractivity contribution >= 4 is 5.91 Å². The lowest BCUT2D eigenvalue weighted by Crippen LogP contribution is -2.60. The van der Waals surface area contributed by atoms with Gasteiger partial charge in [0.05, 0.1) is 25.4 Å². The molecule has 62 heavy (non-hydrogen) atoms. The van der Waals surface area contributed by atoms with E-state index < -0.39 is 55.6 Å². The van der Waals surface area contributed by atoms with Crippen LogP contribution in [0.15, 0.2) is 0 Å². The van der Waals surface area contributed by atoms with Crippen LogP contribution in [0.25, 0.3) is 0 Å². The molecule has 1 aliphatic rings. The smallest absolute Gasteiger partial charge is 0.220 e. The lowest BCUT2D eigenvalue weighted by atomic mass is 9.98. The summed E-state index contributed by atoms with van der Waals surface area (Å²) in [5.74, 6) is -0.252. The van der Waals surface area contributed by atoms with Gasteiger partial charge in [0.2, 0.25) is 5.91 Å². The summed E-state index contributed by atoms with van der Waals surface area (Å²) in [4.78, 5) is 13.0. The number of amides is 1. The van der Waals surface area contributed by atoms with E-state index in [-0.39, 0.29) is 18.9 Å². The van der Waals surface area contributed by atoms with Crippen LogP contribution in [0.1, 0.15) is 264 Å². The number of rotatable bonds is 46. The zero-order valence-electron chi connectivity index (χ0n) is 40.5. The first-order valence-corrected chi connectivity index (χ1v) is 26.8. The fourth-order valence-electron chi connectivity index (χ4n) is 8.97. The van der Waals surface area contributed by atoms with Gasteiger partial charge in [-0.05, 0) is 12.8 Å². The van der Waals surface area contributed by atoms with Crippen molar-refractivity contribution in [3.05, 3.63) is 0 Å². The van der Waals surface area contributed by atoms with Gasteiger partial charge >= 0.3 is 0 Å². The van der Waals surface area contributed by atoms with Crippen LogP contribution in [0.3, 0.4) is 0 Å². The highest BCUT2D eigenvalue weighted by Gasteiger charge is 2.44. The normalized spacial score (nSPS) is 20.7. The number of hydrogen-bond donors (Lipinski definition) is 7. The number of ether oxygens (including phenoxy) is 2. The standard InChI is InChI=1S/C52H103NO9/c1-3-5-7-9-11-13-15-17-18-19-20-21-22-23-24-25-26-27-28-29-31-33-35-37-39-41-47(56)53-44(43-61-52-51(60)50(59)49(58)46(42-54)62-52)48(57)45(55)40-38-36-34-32-30-16-14-12-10-8-6-4-2/h44-46,48-52,54-55,57-60H,3-43H2,1-2H3,(H,53,56)/t44-,45+,46+,48-,49-,50?,51?,52+/m0/s1. The lowest BCUT2D eigenvalue weighted by Gasteiger charge is -2.40. The van der Waals surface area contributed by atoms with Gasteiger partial charge < -0.3 is 45.4 Å². The molecule has 2 unspecified atom stereocenters. The number of aliphatic hydroxyl groups is 6. The number of carbonyl (C=O) groups is 1. The van der Waals surface area contributed by atoms with Gasteiger partial charge in [-0.2, -0.15) is 0 Å². The van der Waals surface area contributed by atoms with Gasteiger partial charge in [-0.25, -0.2) is 0 Å². The molecule has 1 rings (SSSR count). The molecule has 1 aliphatic heterocycles. The highest BCUT2D eigenvalue weighted by atomic mass is 16.7. The van der Waals surface area contributed by atoms with Crippen molar-refractivity contribution < 1.29 is 44.9 Å². The fourth-order valence-corrected chi connectivity index (χ4v) is 8.97. The van der Waals surface area contributed by atoms with Gasteiger partial charge in [-0.3, -0.25) is 4.79 Å². The predicted molar refractivity (Wildman–Crippen MR) is 255 cm³/mol. The number of carbonyl (C=O) groups excluding carboxylic acids is 1. The molecule has 8 atom stereocenters. The summed E-state index contributed by atoms with van der Waals surface area (Å²) >= 11 is 0. The molecule has 1 heterocycles. The Morgan fingerprint density at radius 1 is 0.500 bits per heavy atom. The number of nitrogens with one attached hydrogen (secondary N) is 1. The maximum atomic E-state index is 13.0. The Bertz CT molecular complexity index is 957. The molecule has 0 aromatic carbocycles. The molecule has 0 bridgehead atoms. The van der Waals surface area contributed by atoms with E-state index in [1.165, 1.54) is 199 Å². The minimum atomic E-state index is -1.60. The second-order valence-electron chi connectivity index (χ2n) is 19.2. The van der Waals surface area contributed by atoms with E-state index in [9.17, 15) is 35.4 Å². The molecule has 1 fully saturated rings. The molecule has 0 aromatic heterocycles. The summed E-state index contributed by atoms with van der Waals surface area (Å²) < 4.78 is 11.2. The van der Waals surface area contributed by atoms with Crippen molar-refractivity contribution in [2.24, 2.45) is 0 Å². The van der Waals surface area contributed by atoms with Crippen LogP contribution < -0.4 is 5.32 Å². The van der Waals surface area contributed by atoms with E-state index in [1.807, 2.05) is 0 Å². The van der Waals surface area contributed by atoms with Gasteiger partial charge in [-0.1, -0.05) is 245 Å². The molecule has 0 aliphatic carbocycles. The van der Waals surface area contributed by atoms with Gasteiger partial charge in [0.1, 0.15) is 30.5 Å². The Morgan fingerprint density at radius 2 is 0.839 bits per heavy atom. The molecule has 0 saturated carbocycles. The SMILES string of the molecule is CCCCCCCCCCCCCCCCCCCCCCCCCCCC(=O)N[C@@H](CO[C@@H]1O[C@H](CO)[C@H](O)C(O)C1O)[C@H](O)[C@H](O)CCCCCCCCCCCCCC. The van der Waals surface area contributed by atoms with Crippen molar-refractivity contribution in [3.8, 4) is 0 Å². The highest BCUT2D eigenvalue weighted by molar-refractivity contribution is 5.76. The zero-order valence-corrected chi connectivity index (χ0v) is 40.5. The van der Waals surface area contributed by atoms with E-state index >= 15 is 0 Å². The Hall–Kier alpha value is -0.850. The van der Waals surface area contributed by atoms with E-state index in [2.05, 4.69) is 19.2 Å². The average Bonchev–Trinajstić information content (AvgIpc) is 3.27. The third-order valence-corrected chi connectivity index (χ3v) is 13.3. The summed E-state index contributed by atoms with van der Waals surface area (Å²) in [5, 5.41) is 65.3. The molecule has 10 nitrogen and oxygen atoms in total. The molecule has 10 heteroatoms. The summed E-state index contributed by atoms with van der Waals surface area (Å²) in [6.07, 6.45) is 38.4. The van der Waals surface area contributed by atoms with Crippen molar-refractivity contribution in [2.75, 3.05) is 13.2 Å². The molecule has 0 spiro atoms. The van der Waals surface area contributed by atoms with Gasteiger partial charge in [0.15, 0.2) is 6.29 Å². The van der Waals surface area contributed by atoms with E-state index in [0.717, 1.165) is 38.5 Å². The molecular weight excluding hydrogens is 783 g/mol. The molecule has 0 radical (unpaired) electrons. The second-order valence-corrected chi connectivity index (χ2v) is 19.2. The Kier molecular flexibility index (Phi) is 40.8. The highest BCUT2D eigenvalue weighted by Crippen LogP contribution is 2.23. The van der Waals surface area contributed by atoms with Crippen LogP contribution in [-0.4, -0.2) is 98.7 Å². The number of unbranched alkanes of at least 4 members (excludes halogenated alkanes) is 35. The van der Waals surface area contributed by atoms with Crippen LogP contribution in [0, 0.1) is 0 Å². The molecule has 370 valence electrons. The Morgan fingerprint density at radius 3 is 1.19 bits per heavy atom. The Labute approximate surface area is 381 Å². The second kappa shape index (κ2) is 42.8.